The number of amides is 3. The van der Waals surface area contributed by atoms with E-state index >= 15 is 0 Å². The Labute approximate surface area is 142 Å². The zero-order chi connectivity index (χ0) is 16.7. The predicted molar refractivity (Wildman–Crippen MR) is 92.3 cm³/mol. The van der Waals surface area contributed by atoms with E-state index in [1.807, 2.05) is 0 Å². The molecule has 0 spiro atoms. The second-order valence-electron chi connectivity index (χ2n) is 8.14. The summed E-state index contributed by atoms with van der Waals surface area (Å²) in [6.07, 6.45) is 7.86. The largest absolute Gasteiger partial charge is 0.398 e. The van der Waals surface area contributed by atoms with Crippen LogP contribution in [0, 0.1) is 23.2 Å². The highest BCUT2D eigenvalue weighted by Gasteiger charge is 2.50. The van der Waals surface area contributed by atoms with Crippen molar-refractivity contribution >= 4 is 17.6 Å². The molecule has 3 amide bonds. The topological polar surface area (TPSA) is 84.2 Å². The van der Waals surface area contributed by atoms with E-state index in [0.717, 1.165) is 17.8 Å². The molecule has 5 nitrogen and oxygen atoms in total. The highest BCUT2D eigenvalue weighted by atomic mass is 16.2. The number of carbonyl (C=O) groups excluding carboxylic acids is 2. The molecule has 0 saturated heterocycles. The number of urea groups is 1. The smallest absolute Gasteiger partial charge is 0.321 e. The summed E-state index contributed by atoms with van der Waals surface area (Å²) >= 11 is 0. The molecule has 4 fully saturated rings. The number of rotatable bonds is 3. The van der Waals surface area contributed by atoms with E-state index in [-0.39, 0.29) is 5.41 Å². The van der Waals surface area contributed by atoms with Crippen molar-refractivity contribution in [3.8, 4) is 0 Å². The molecule has 0 unspecified atom stereocenters. The Bertz CT molecular complexity index is 635. The van der Waals surface area contributed by atoms with Gasteiger partial charge in [0.1, 0.15) is 0 Å². The Balaban J connectivity index is 1.34. The van der Waals surface area contributed by atoms with Gasteiger partial charge in [0.2, 0.25) is 0 Å². The van der Waals surface area contributed by atoms with E-state index in [2.05, 4.69) is 10.6 Å². The van der Waals surface area contributed by atoms with Crippen LogP contribution in [0.1, 0.15) is 48.9 Å². The van der Waals surface area contributed by atoms with Gasteiger partial charge in [0.25, 0.3) is 5.91 Å². The molecule has 4 N–H and O–H groups in total. The number of nitrogens with two attached hydrogens (primary N) is 1. The Kier molecular flexibility index (Phi) is 3.74. The van der Waals surface area contributed by atoms with E-state index in [1.165, 1.54) is 38.5 Å². The summed E-state index contributed by atoms with van der Waals surface area (Å²) in [5, 5.41) is 5.35. The zero-order valence-electron chi connectivity index (χ0n) is 13.9. The first-order valence-electron chi connectivity index (χ1n) is 8.97. The van der Waals surface area contributed by atoms with Crippen LogP contribution in [0.15, 0.2) is 24.3 Å². The number of imide groups is 1. The maximum Gasteiger partial charge on any atom is 0.321 e. The van der Waals surface area contributed by atoms with Gasteiger partial charge in [0.05, 0.1) is 5.56 Å². The number of hydrogen-bond donors (Lipinski definition) is 3. The molecule has 4 saturated carbocycles. The molecular weight excluding hydrogens is 302 g/mol. The number of nitrogen functional groups attached to an aromatic ring is 1. The van der Waals surface area contributed by atoms with Crippen molar-refractivity contribution < 1.29 is 9.59 Å². The van der Waals surface area contributed by atoms with Crippen molar-refractivity contribution in [3.05, 3.63) is 29.8 Å². The van der Waals surface area contributed by atoms with Gasteiger partial charge in [0, 0.05) is 12.2 Å². The standard InChI is InChI=1S/C19H25N3O2/c20-16-4-2-1-3-15(16)17(23)22-18(24)21-11-19-8-12-5-13(9-19)7-14(6-12)10-19/h1-4,12-14H,5-11,20H2,(H2,21,22,23,24). The van der Waals surface area contributed by atoms with Gasteiger partial charge in [-0.1, -0.05) is 12.1 Å². The lowest BCUT2D eigenvalue weighted by Gasteiger charge is -2.56. The quantitative estimate of drug-likeness (QED) is 0.746. The maximum atomic E-state index is 12.1. The normalized spacial score (nSPS) is 33.2. The maximum absolute atomic E-state index is 12.1. The molecule has 128 valence electrons. The van der Waals surface area contributed by atoms with Crippen molar-refractivity contribution in [1.82, 2.24) is 10.6 Å². The van der Waals surface area contributed by atoms with E-state index < -0.39 is 11.9 Å². The lowest BCUT2D eigenvalue weighted by atomic mass is 9.49. The SMILES string of the molecule is Nc1ccccc1C(=O)NC(=O)NCC12CC3CC(CC(C3)C1)C2. The molecule has 0 radical (unpaired) electrons. The van der Waals surface area contributed by atoms with Gasteiger partial charge in [-0.05, 0) is 73.8 Å². The molecule has 1 aromatic carbocycles. The van der Waals surface area contributed by atoms with Gasteiger partial charge >= 0.3 is 6.03 Å². The van der Waals surface area contributed by atoms with Crippen LogP contribution >= 0.6 is 0 Å². The average Bonchev–Trinajstić information content (AvgIpc) is 2.52. The fourth-order valence-electron chi connectivity index (χ4n) is 5.69. The third kappa shape index (κ3) is 2.87. The molecule has 0 aromatic heterocycles. The second kappa shape index (κ2) is 5.80. The number of nitrogens with one attached hydrogen (secondary N) is 2. The highest BCUT2D eigenvalue weighted by Crippen LogP contribution is 2.59. The average molecular weight is 327 g/mol. The molecule has 5 heteroatoms. The Morgan fingerprint density at radius 1 is 1.04 bits per heavy atom. The number of hydrogen-bond acceptors (Lipinski definition) is 3. The van der Waals surface area contributed by atoms with Gasteiger partial charge in [0.15, 0.2) is 0 Å². The lowest BCUT2D eigenvalue weighted by Crippen LogP contribution is -2.52. The molecule has 1 aromatic rings. The fourth-order valence-corrected chi connectivity index (χ4v) is 5.69. The molecule has 5 rings (SSSR count). The van der Waals surface area contributed by atoms with Crippen LogP contribution in [0.5, 0.6) is 0 Å². The molecule has 4 aliphatic rings. The molecule has 24 heavy (non-hydrogen) atoms. The summed E-state index contributed by atoms with van der Waals surface area (Å²) in [6, 6.07) is 6.36. The first-order chi connectivity index (χ1) is 11.5. The Morgan fingerprint density at radius 3 is 2.21 bits per heavy atom. The van der Waals surface area contributed by atoms with Gasteiger partial charge in [-0.15, -0.1) is 0 Å². The first-order valence-corrected chi connectivity index (χ1v) is 8.97. The first kappa shape index (κ1) is 15.5. The van der Waals surface area contributed by atoms with Gasteiger partial charge < -0.3 is 11.1 Å². The van der Waals surface area contributed by atoms with Crippen molar-refractivity contribution in [1.29, 1.82) is 0 Å². The fraction of sp³-hybridized carbons (Fsp3) is 0.579. The van der Waals surface area contributed by atoms with Crippen molar-refractivity contribution in [2.45, 2.75) is 38.5 Å². The summed E-state index contributed by atoms with van der Waals surface area (Å²) in [4.78, 5) is 24.3. The number of para-hydroxylation sites is 1. The lowest BCUT2D eigenvalue weighted by molar-refractivity contribution is -0.0498. The van der Waals surface area contributed by atoms with E-state index in [4.69, 9.17) is 5.73 Å². The van der Waals surface area contributed by atoms with E-state index in [1.54, 1.807) is 24.3 Å². The van der Waals surface area contributed by atoms with Crippen LogP contribution in [0.25, 0.3) is 0 Å². The summed E-state index contributed by atoms with van der Waals surface area (Å²) in [6.45, 7) is 0.680. The number of benzene rings is 1. The summed E-state index contributed by atoms with van der Waals surface area (Å²) in [5.41, 5.74) is 6.76. The Hall–Kier alpha value is -2.04. The van der Waals surface area contributed by atoms with Crippen molar-refractivity contribution in [2.24, 2.45) is 23.2 Å². The van der Waals surface area contributed by atoms with Crippen LogP contribution in [0.4, 0.5) is 10.5 Å². The highest BCUT2D eigenvalue weighted by molar-refractivity contribution is 6.07. The molecule has 0 heterocycles. The minimum Gasteiger partial charge on any atom is -0.398 e. The van der Waals surface area contributed by atoms with Crippen molar-refractivity contribution in [2.75, 3.05) is 12.3 Å². The molecular formula is C19H25N3O2. The monoisotopic (exact) mass is 327 g/mol. The number of carbonyl (C=O) groups is 2. The van der Waals surface area contributed by atoms with Crippen LogP contribution in [0.3, 0.4) is 0 Å². The second-order valence-corrected chi connectivity index (χ2v) is 8.14. The summed E-state index contributed by atoms with van der Waals surface area (Å²) in [5.74, 6) is 2.11. The van der Waals surface area contributed by atoms with E-state index in [0.29, 0.717) is 17.8 Å². The molecule has 4 aliphatic carbocycles. The van der Waals surface area contributed by atoms with Crippen LogP contribution in [-0.2, 0) is 0 Å². The summed E-state index contributed by atoms with van der Waals surface area (Å²) < 4.78 is 0. The van der Waals surface area contributed by atoms with Crippen LogP contribution in [-0.4, -0.2) is 18.5 Å². The minimum absolute atomic E-state index is 0.265. The molecule has 4 bridgehead atoms. The zero-order valence-corrected chi connectivity index (χ0v) is 13.9. The summed E-state index contributed by atoms with van der Waals surface area (Å²) in [7, 11) is 0. The van der Waals surface area contributed by atoms with Crippen molar-refractivity contribution in [3.63, 3.8) is 0 Å². The number of anilines is 1. The molecule has 0 aliphatic heterocycles. The van der Waals surface area contributed by atoms with Crippen LogP contribution < -0.4 is 16.4 Å². The molecule has 0 atom stereocenters. The Morgan fingerprint density at radius 2 is 1.62 bits per heavy atom. The minimum atomic E-state index is -0.448. The van der Waals surface area contributed by atoms with E-state index in [9.17, 15) is 9.59 Å². The third-order valence-corrected chi connectivity index (χ3v) is 6.22. The van der Waals surface area contributed by atoms with Gasteiger partial charge in [-0.3, -0.25) is 10.1 Å². The van der Waals surface area contributed by atoms with Crippen LogP contribution in [0.2, 0.25) is 0 Å². The van der Waals surface area contributed by atoms with Gasteiger partial charge in [-0.25, -0.2) is 4.79 Å². The predicted octanol–water partition coefficient (Wildman–Crippen LogP) is 2.92. The third-order valence-electron chi connectivity index (χ3n) is 6.22. The van der Waals surface area contributed by atoms with Gasteiger partial charge in [-0.2, -0.15) is 0 Å².